The second-order valence-electron chi connectivity index (χ2n) is 7.06. The Morgan fingerprint density at radius 3 is 2.34 bits per heavy atom. The van der Waals surface area contributed by atoms with Crippen molar-refractivity contribution in [2.75, 3.05) is 13.2 Å². The summed E-state index contributed by atoms with van der Waals surface area (Å²) in [5.74, 6) is 0.164. The van der Waals surface area contributed by atoms with Gasteiger partial charge < -0.3 is 15.0 Å². The summed E-state index contributed by atoms with van der Waals surface area (Å²) in [6.45, 7) is 6.00. The van der Waals surface area contributed by atoms with Gasteiger partial charge in [-0.05, 0) is 56.5 Å². The van der Waals surface area contributed by atoms with Crippen molar-refractivity contribution in [2.45, 2.75) is 45.7 Å². The summed E-state index contributed by atoms with van der Waals surface area (Å²) < 4.78 is 5.61. The molecule has 0 spiro atoms. The van der Waals surface area contributed by atoms with Crippen LogP contribution in [0.15, 0.2) is 54.6 Å². The minimum Gasteiger partial charge on any atom is -0.484 e. The summed E-state index contributed by atoms with van der Waals surface area (Å²) >= 11 is 5.88. The van der Waals surface area contributed by atoms with Crippen LogP contribution < -0.4 is 10.1 Å². The predicted molar refractivity (Wildman–Crippen MR) is 116 cm³/mol. The van der Waals surface area contributed by atoms with E-state index >= 15 is 0 Å². The van der Waals surface area contributed by atoms with Gasteiger partial charge in [0.15, 0.2) is 6.61 Å². The first kappa shape index (κ1) is 22.8. The molecule has 0 aliphatic rings. The van der Waals surface area contributed by atoms with Gasteiger partial charge in [-0.3, -0.25) is 9.59 Å². The van der Waals surface area contributed by atoms with E-state index in [0.717, 1.165) is 12.0 Å². The molecule has 29 heavy (non-hydrogen) atoms. The lowest BCUT2D eigenvalue weighted by Gasteiger charge is -2.29. The Kier molecular flexibility index (Phi) is 9.00. The molecule has 0 fully saturated rings. The fourth-order valence-corrected chi connectivity index (χ4v) is 2.92. The summed E-state index contributed by atoms with van der Waals surface area (Å²) in [6.07, 6.45) is 1.49. The Hall–Kier alpha value is -2.53. The number of nitrogens with one attached hydrogen (secondary N) is 1. The van der Waals surface area contributed by atoms with E-state index in [0.29, 0.717) is 23.7 Å². The lowest BCUT2D eigenvalue weighted by atomic mass is 10.1. The molecule has 0 aliphatic heterocycles. The van der Waals surface area contributed by atoms with Crippen molar-refractivity contribution in [1.82, 2.24) is 10.2 Å². The predicted octanol–water partition coefficient (Wildman–Crippen LogP) is 4.09. The van der Waals surface area contributed by atoms with Crippen LogP contribution in [0.4, 0.5) is 0 Å². The summed E-state index contributed by atoms with van der Waals surface area (Å²) in [4.78, 5) is 27.1. The maximum absolute atomic E-state index is 12.9. The minimum atomic E-state index is -0.589. The van der Waals surface area contributed by atoms with Gasteiger partial charge in [0.2, 0.25) is 5.91 Å². The highest BCUT2D eigenvalue weighted by Gasteiger charge is 2.26. The average molecular weight is 417 g/mol. The van der Waals surface area contributed by atoms with Crippen LogP contribution in [-0.2, 0) is 16.0 Å². The van der Waals surface area contributed by atoms with Crippen LogP contribution in [0, 0.1) is 0 Å². The zero-order chi connectivity index (χ0) is 21.2. The van der Waals surface area contributed by atoms with E-state index in [-0.39, 0.29) is 24.5 Å². The molecule has 2 amide bonds. The number of ether oxygens (including phenoxy) is 1. The first-order valence-electron chi connectivity index (χ1n) is 9.92. The van der Waals surface area contributed by atoms with Crippen LogP contribution in [0.2, 0.25) is 5.02 Å². The zero-order valence-corrected chi connectivity index (χ0v) is 18.0. The van der Waals surface area contributed by atoms with Gasteiger partial charge >= 0.3 is 0 Å². The SMILES string of the molecule is CC[C@H](C)NC(=O)[C@H](C)N(CCc1ccccc1)C(=O)COc1ccc(Cl)cc1. The number of rotatable bonds is 10. The van der Waals surface area contributed by atoms with Crippen molar-refractivity contribution < 1.29 is 14.3 Å². The van der Waals surface area contributed by atoms with Gasteiger partial charge in [0.25, 0.3) is 5.91 Å². The Balaban J connectivity index is 2.05. The van der Waals surface area contributed by atoms with E-state index in [2.05, 4.69) is 5.32 Å². The zero-order valence-electron chi connectivity index (χ0n) is 17.2. The van der Waals surface area contributed by atoms with Crippen molar-refractivity contribution >= 4 is 23.4 Å². The fraction of sp³-hybridized carbons (Fsp3) is 0.391. The maximum Gasteiger partial charge on any atom is 0.261 e. The summed E-state index contributed by atoms with van der Waals surface area (Å²) in [6, 6.07) is 16.2. The lowest BCUT2D eigenvalue weighted by molar-refractivity contribution is -0.141. The number of halogens is 1. The summed E-state index contributed by atoms with van der Waals surface area (Å²) in [5, 5.41) is 3.56. The highest BCUT2D eigenvalue weighted by atomic mass is 35.5. The van der Waals surface area contributed by atoms with Crippen molar-refractivity contribution in [3.63, 3.8) is 0 Å². The number of hydrogen-bond donors (Lipinski definition) is 1. The van der Waals surface area contributed by atoms with Gasteiger partial charge in [-0.25, -0.2) is 0 Å². The summed E-state index contributed by atoms with van der Waals surface area (Å²) in [7, 11) is 0. The molecule has 6 heteroatoms. The fourth-order valence-electron chi connectivity index (χ4n) is 2.79. The Labute approximate surface area is 178 Å². The molecular weight excluding hydrogens is 388 g/mol. The van der Waals surface area contributed by atoms with Gasteiger partial charge in [0, 0.05) is 17.6 Å². The second-order valence-corrected chi connectivity index (χ2v) is 7.50. The van der Waals surface area contributed by atoms with Crippen LogP contribution >= 0.6 is 11.6 Å². The molecule has 0 unspecified atom stereocenters. The van der Waals surface area contributed by atoms with Crippen LogP contribution in [0.25, 0.3) is 0 Å². The van der Waals surface area contributed by atoms with Crippen molar-refractivity contribution in [3.05, 3.63) is 65.2 Å². The average Bonchev–Trinajstić information content (AvgIpc) is 2.73. The highest BCUT2D eigenvalue weighted by molar-refractivity contribution is 6.30. The van der Waals surface area contributed by atoms with Gasteiger partial charge in [-0.1, -0.05) is 48.9 Å². The van der Waals surface area contributed by atoms with Crippen LogP contribution in [0.1, 0.15) is 32.8 Å². The third-order valence-corrected chi connectivity index (χ3v) is 5.08. The van der Waals surface area contributed by atoms with E-state index in [1.807, 2.05) is 44.2 Å². The van der Waals surface area contributed by atoms with Gasteiger partial charge in [-0.2, -0.15) is 0 Å². The van der Waals surface area contributed by atoms with E-state index in [1.54, 1.807) is 36.1 Å². The number of carbonyl (C=O) groups is 2. The molecule has 2 atom stereocenters. The Morgan fingerprint density at radius 2 is 1.72 bits per heavy atom. The third-order valence-electron chi connectivity index (χ3n) is 4.83. The van der Waals surface area contributed by atoms with Gasteiger partial charge in [0.05, 0.1) is 0 Å². The molecule has 0 radical (unpaired) electrons. The number of amides is 2. The molecule has 1 N–H and O–H groups in total. The van der Waals surface area contributed by atoms with E-state index < -0.39 is 6.04 Å². The molecule has 0 aliphatic carbocycles. The largest absolute Gasteiger partial charge is 0.484 e. The Morgan fingerprint density at radius 1 is 1.07 bits per heavy atom. The van der Waals surface area contributed by atoms with Crippen LogP contribution in [0.5, 0.6) is 5.75 Å². The van der Waals surface area contributed by atoms with Crippen LogP contribution in [-0.4, -0.2) is 41.9 Å². The van der Waals surface area contributed by atoms with Gasteiger partial charge in [0.1, 0.15) is 11.8 Å². The molecule has 0 saturated heterocycles. The van der Waals surface area contributed by atoms with E-state index in [1.165, 1.54) is 0 Å². The maximum atomic E-state index is 12.9. The molecule has 0 aromatic heterocycles. The number of hydrogen-bond acceptors (Lipinski definition) is 3. The van der Waals surface area contributed by atoms with Crippen molar-refractivity contribution in [3.8, 4) is 5.75 Å². The first-order valence-corrected chi connectivity index (χ1v) is 10.3. The second kappa shape index (κ2) is 11.5. The normalized spacial score (nSPS) is 12.7. The molecule has 2 aromatic rings. The molecule has 2 aromatic carbocycles. The molecule has 0 saturated carbocycles. The van der Waals surface area contributed by atoms with Crippen molar-refractivity contribution in [1.29, 1.82) is 0 Å². The molecule has 0 bridgehead atoms. The lowest BCUT2D eigenvalue weighted by Crippen LogP contribution is -2.51. The number of carbonyl (C=O) groups excluding carboxylic acids is 2. The first-order chi connectivity index (χ1) is 13.9. The molecule has 2 rings (SSSR count). The smallest absolute Gasteiger partial charge is 0.261 e. The Bertz CT molecular complexity index is 780. The molecule has 156 valence electrons. The number of benzene rings is 2. The quantitative estimate of drug-likeness (QED) is 0.634. The standard InChI is InChI=1S/C23H29ClN2O3/c1-4-17(2)25-23(28)18(3)26(15-14-19-8-6-5-7-9-19)22(27)16-29-21-12-10-20(24)11-13-21/h5-13,17-18H,4,14-16H2,1-3H3,(H,25,28)/t17-,18-/m0/s1. The van der Waals surface area contributed by atoms with Crippen LogP contribution in [0.3, 0.4) is 0 Å². The minimum absolute atomic E-state index is 0.0568. The van der Waals surface area contributed by atoms with Crippen molar-refractivity contribution in [2.24, 2.45) is 0 Å². The van der Waals surface area contributed by atoms with E-state index in [9.17, 15) is 9.59 Å². The highest BCUT2D eigenvalue weighted by Crippen LogP contribution is 2.16. The number of nitrogens with zero attached hydrogens (tertiary/aromatic N) is 1. The molecular formula is C23H29ClN2O3. The monoisotopic (exact) mass is 416 g/mol. The third kappa shape index (κ3) is 7.42. The summed E-state index contributed by atoms with van der Waals surface area (Å²) in [5.41, 5.74) is 1.11. The van der Waals surface area contributed by atoms with E-state index in [4.69, 9.17) is 16.3 Å². The topological polar surface area (TPSA) is 58.6 Å². The van der Waals surface area contributed by atoms with Gasteiger partial charge in [-0.15, -0.1) is 0 Å². The molecule has 0 heterocycles. The molecule has 5 nitrogen and oxygen atoms in total.